The van der Waals surface area contributed by atoms with Crippen LogP contribution in [0.25, 0.3) is 0 Å². The minimum atomic E-state index is -1.85. The standard InChI is InChI=1S/C4H10N.2C2H6S.C2H5.Sn/c1-3-4(2)5;2*1-2-3;1-2;/h4H,1,3,5H2,2H3;2*3H,2H2,1H3;1H2,2H3;/q;;;;+2/p-2. The first-order chi connectivity index (χ1) is 6.60. The van der Waals surface area contributed by atoms with Gasteiger partial charge in [-0.25, -0.2) is 0 Å². The van der Waals surface area contributed by atoms with E-state index in [0.717, 1.165) is 0 Å². The first kappa shape index (κ1) is 15.5. The average Bonchev–Trinajstić information content (AvgIpc) is 2.15. The van der Waals surface area contributed by atoms with Crippen molar-refractivity contribution in [2.75, 3.05) is 11.5 Å². The normalized spacial score (nSPS) is 14.4. The number of hydrogen-bond donors (Lipinski definition) is 1. The average molecular weight is 342 g/mol. The van der Waals surface area contributed by atoms with Crippen molar-refractivity contribution in [3.8, 4) is 0 Å². The van der Waals surface area contributed by atoms with Crippen molar-refractivity contribution in [1.29, 1.82) is 0 Å². The van der Waals surface area contributed by atoms with Crippen LogP contribution < -0.4 is 5.73 Å². The predicted molar refractivity (Wildman–Crippen MR) is 75.6 cm³/mol. The van der Waals surface area contributed by atoms with Crippen LogP contribution in [0.5, 0.6) is 0 Å². The molecule has 0 saturated heterocycles. The number of hydrogen-bond acceptors (Lipinski definition) is 3. The summed E-state index contributed by atoms with van der Waals surface area (Å²) in [7, 11) is 4.62. The van der Waals surface area contributed by atoms with E-state index in [1.54, 1.807) is 0 Å². The molecule has 0 amide bonds. The Bertz CT molecular complexity index is 136. The molecule has 1 atom stereocenters. The van der Waals surface area contributed by atoms with Gasteiger partial charge in [0.25, 0.3) is 0 Å². The van der Waals surface area contributed by atoms with E-state index in [0.29, 0.717) is 6.04 Å². The second-order valence-corrected chi connectivity index (χ2v) is 31.2. The Morgan fingerprint density at radius 3 is 1.93 bits per heavy atom. The van der Waals surface area contributed by atoms with Crippen LogP contribution in [0, 0.1) is 0 Å². The Morgan fingerprint density at radius 2 is 1.64 bits per heavy atom. The van der Waals surface area contributed by atoms with E-state index in [-0.39, 0.29) is 0 Å². The second-order valence-electron chi connectivity index (χ2n) is 3.65. The third kappa shape index (κ3) is 6.13. The molecule has 4 heteroatoms. The van der Waals surface area contributed by atoms with E-state index in [2.05, 4.69) is 45.6 Å². The quantitative estimate of drug-likeness (QED) is 0.682. The predicted octanol–water partition coefficient (Wildman–Crippen LogP) is 3.69. The van der Waals surface area contributed by atoms with E-state index in [1.165, 1.54) is 26.8 Å². The van der Waals surface area contributed by atoms with Crippen molar-refractivity contribution in [3.63, 3.8) is 0 Å². The molecule has 0 saturated carbocycles. The van der Waals surface area contributed by atoms with Gasteiger partial charge in [0, 0.05) is 0 Å². The molecule has 0 heterocycles. The molecule has 1 unspecified atom stereocenters. The van der Waals surface area contributed by atoms with Gasteiger partial charge >= 0.3 is 99.8 Å². The van der Waals surface area contributed by atoms with Crippen LogP contribution in [0.2, 0.25) is 8.87 Å². The summed E-state index contributed by atoms with van der Waals surface area (Å²) in [6.45, 7) is 9.13. The fourth-order valence-corrected chi connectivity index (χ4v) is 30.6. The molecule has 1 nitrogen and oxygen atoms in total. The van der Waals surface area contributed by atoms with Crippen LogP contribution in [-0.4, -0.2) is 33.2 Å². The zero-order valence-corrected chi connectivity index (χ0v) is 14.5. The maximum absolute atomic E-state index is 5.86. The molecular formula is C10H25NS2Sn. The van der Waals surface area contributed by atoms with E-state index in [4.69, 9.17) is 5.73 Å². The first-order valence-electron chi connectivity index (χ1n) is 5.63. The molecule has 2 N–H and O–H groups in total. The van der Waals surface area contributed by atoms with Gasteiger partial charge in [-0.05, 0) is 0 Å². The molecule has 0 aliphatic rings. The first-order valence-corrected chi connectivity index (χ1v) is 18.6. The van der Waals surface area contributed by atoms with Gasteiger partial charge in [0.15, 0.2) is 0 Å². The summed E-state index contributed by atoms with van der Waals surface area (Å²) in [6, 6.07) is 0.396. The van der Waals surface area contributed by atoms with Crippen molar-refractivity contribution >= 4 is 33.5 Å². The molecule has 86 valence electrons. The third-order valence-corrected chi connectivity index (χ3v) is 35.3. The van der Waals surface area contributed by atoms with E-state index >= 15 is 0 Å². The summed E-state index contributed by atoms with van der Waals surface area (Å²) in [5.74, 6) is 2.60. The van der Waals surface area contributed by atoms with Crippen LogP contribution in [0.15, 0.2) is 0 Å². The molecule has 0 spiro atoms. The topological polar surface area (TPSA) is 26.0 Å². The SMILES string of the molecule is CC[S][Sn]([CH2]C)([CH2]CC(C)N)[S]CC. The Hall–Kier alpha value is 1.46. The molecular weight excluding hydrogens is 317 g/mol. The Labute approximate surface area is 99.1 Å². The molecule has 0 aliphatic carbocycles. The number of nitrogens with two attached hydrogens (primary N) is 1. The van der Waals surface area contributed by atoms with E-state index < -0.39 is 15.6 Å². The molecule has 0 bridgehead atoms. The van der Waals surface area contributed by atoms with E-state index in [1.807, 2.05) is 0 Å². The van der Waals surface area contributed by atoms with Gasteiger partial charge in [-0.15, -0.1) is 0 Å². The van der Waals surface area contributed by atoms with Gasteiger partial charge in [-0.1, -0.05) is 0 Å². The summed E-state index contributed by atoms with van der Waals surface area (Å²) in [5.41, 5.74) is 5.86. The van der Waals surface area contributed by atoms with Gasteiger partial charge < -0.3 is 0 Å². The minimum absolute atomic E-state index is 0.396. The molecule has 0 fully saturated rings. The summed E-state index contributed by atoms with van der Waals surface area (Å²) in [5, 5.41) is 0. The zero-order chi connectivity index (χ0) is 11.0. The second kappa shape index (κ2) is 8.59. The van der Waals surface area contributed by atoms with Crippen LogP contribution in [0.3, 0.4) is 0 Å². The van der Waals surface area contributed by atoms with Crippen LogP contribution >= 0.6 is 17.9 Å². The van der Waals surface area contributed by atoms with Crippen LogP contribution in [0.1, 0.15) is 34.1 Å². The van der Waals surface area contributed by atoms with Gasteiger partial charge in [0.05, 0.1) is 0 Å². The van der Waals surface area contributed by atoms with E-state index in [9.17, 15) is 0 Å². The fraction of sp³-hybridized carbons (Fsp3) is 1.00. The molecule has 0 rings (SSSR count). The summed E-state index contributed by atoms with van der Waals surface area (Å²) in [4.78, 5) is 0. The molecule has 0 aromatic carbocycles. The van der Waals surface area contributed by atoms with Crippen molar-refractivity contribution in [3.05, 3.63) is 0 Å². The molecule has 14 heavy (non-hydrogen) atoms. The zero-order valence-electron chi connectivity index (χ0n) is 10.0. The van der Waals surface area contributed by atoms with Crippen molar-refractivity contribution in [2.45, 2.75) is 49.0 Å². The van der Waals surface area contributed by atoms with Crippen LogP contribution in [-0.2, 0) is 0 Å². The molecule has 0 aromatic heterocycles. The van der Waals surface area contributed by atoms with Gasteiger partial charge in [-0.2, -0.15) is 0 Å². The molecule has 0 radical (unpaired) electrons. The van der Waals surface area contributed by atoms with Crippen molar-refractivity contribution in [2.24, 2.45) is 5.73 Å². The van der Waals surface area contributed by atoms with Gasteiger partial charge in [0.1, 0.15) is 0 Å². The van der Waals surface area contributed by atoms with Crippen LogP contribution in [0.4, 0.5) is 0 Å². The number of rotatable bonds is 8. The van der Waals surface area contributed by atoms with Gasteiger partial charge in [0.2, 0.25) is 0 Å². The molecule has 0 aromatic rings. The Balaban J connectivity index is 4.17. The monoisotopic (exact) mass is 343 g/mol. The van der Waals surface area contributed by atoms with Crippen molar-refractivity contribution in [1.82, 2.24) is 0 Å². The van der Waals surface area contributed by atoms with Gasteiger partial charge in [-0.3, -0.25) is 0 Å². The Kier molecular flexibility index (Phi) is 9.49. The molecule has 0 aliphatic heterocycles. The third-order valence-electron chi connectivity index (χ3n) is 2.33. The fourth-order valence-electron chi connectivity index (χ4n) is 1.54. The maximum atomic E-state index is 5.86. The summed E-state index contributed by atoms with van der Waals surface area (Å²) in [6.07, 6.45) is 1.24. The summed E-state index contributed by atoms with van der Waals surface area (Å²) >= 11 is -1.85. The summed E-state index contributed by atoms with van der Waals surface area (Å²) < 4.78 is 2.91. The van der Waals surface area contributed by atoms with Crippen molar-refractivity contribution < 1.29 is 0 Å². The Morgan fingerprint density at radius 1 is 1.14 bits per heavy atom.